The van der Waals surface area contributed by atoms with Gasteiger partial charge in [0.2, 0.25) is 0 Å². The molecule has 0 aliphatic carbocycles. The number of carbonyl (C=O) groups excluding carboxylic acids is 2. The van der Waals surface area contributed by atoms with E-state index in [4.69, 9.17) is 0 Å². The van der Waals surface area contributed by atoms with Gasteiger partial charge in [-0.3, -0.25) is 24.7 Å². The third kappa shape index (κ3) is 5.10. The van der Waals surface area contributed by atoms with Crippen LogP contribution in [0.1, 0.15) is 22.5 Å². The molecule has 25 heavy (non-hydrogen) atoms. The molecule has 2 rings (SSSR count). The molecule has 130 valence electrons. The molecule has 2 aromatic rings. The molecule has 0 fully saturated rings. The molecule has 0 unspecified atom stereocenters. The van der Waals surface area contributed by atoms with E-state index in [-0.39, 0.29) is 30.8 Å². The summed E-state index contributed by atoms with van der Waals surface area (Å²) in [6.45, 7) is 0.296. The second-order valence-corrected chi connectivity index (χ2v) is 5.18. The van der Waals surface area contributed by atoms with Crippen LogP contribution in [-0.2, 0) is 16.1 Å². The molecule has 8 heteroatoms. The van der Waals surface area contributed by atoms with E-state index in [0.29, 0.717) is 5.69 Å². The fraction of sp³-hybridized carbons (Fsp3) is 0.235. The highest BCUT2D eigenvalue weighted by molar-refractivity contribution is 5.95. The van der Waals surface area contributed by atoms with Gasteiger partial charge in [0, 0.05) is 30.4 Å². The van der Waals surface area contributed by atoms with E-state index >= 15 is 0 Å². The van der Waals surface area contributed by atoms with Gasteiger partial charge in [0.25, 0.3) is 11.6 Å². The lowest BCUT2D eigenvalue weighted by atomic mass is 10.1. The van der Waals surface area contributed by atoms with Crippen molar-refractivity contribution in [1.29, 1.82) is 0 Å². The minimum absolute atomic E-state index is 0.0179. The van der Waals surface area contributed by atoms with E-state index in [1.54, 1.807) is 24.4 Å². The number of non-ortho nitro benzene ring substituents is 1. The maximum absolute atomic E-state index is 12.7. The molecule has 0 N–H and O–H groups in total. The molecule has 1 aromatic heterocycles. The normalized spacial score (nSPS) is 10.1. The van der Waals surface area contributed by atoms with Crippen LogP contribution in [0.2, 0.25) is 0 Å². The molecular formula is C17H17N3O5. The van der Waals surface area contributed by atoms with Gasteiger partial charge in [-0.25, -0.2) is 0 Å². The smallest absolute Gasteiger partial charge is 0.307 e. The summed E-state index contributed by atoms with van der Waals surface area (Å²) in [6.07, 6.45) is 1.62. The fourth-order valence-electron chi connectivity index (χ4n) is 2.20. The van der Waals surface area contributed by atoms with Crippen LogP contribution in [0, 0.1) is 10.1 Å². The highest BCUT2D eigenvalue weighted by atomic mass is 16.6. The Bertz CT molecular complexity index is 764. The number of nitro benzene ring substituents is 1. The maximum atomic E-state index is 12.7. The minimum Gasteiger partial charge on any atom is -0.469 e. The second kappa shape index (κ2) is 8.53. The van der Waals surface area contributed by atoms with Crippen molar-refractivity contribution in [2.75, 3.05) is 13.7 Å². The van der Waals surface area contributed by atoms with E-state index in [9.17, 15) is 19.7 Å². The van der Waals surface area contributed by atoms with E-state index in [1.165, 1.54) is 36.3 Å². The SMILES string of the molecule is COC(=O)CCN(Cc1ccccn1)C(=O)c1cccc([N+](=O)[O-])c1. The predicted octanol–water partition coefficient (Wildman–Crippen LogP) is 2.20. The molecule has 0 aliphatic rings. The Hall–Kier alpha value is -3.29. The first-order chi connectivity index (χ1) is 12.0. The topological polar surface area (TPSA) is 103 Å². The summed E-state index contributed by atoms with van der Waals surface area (Å²) >= 11 is 0. The zero-order valence-electron chi connectivity index (χ0n) is 13.6. The first-order valence-corrected chi connectivity index (χ1v) is 7.51. The minimum atomic E-state index is -0.561. The highest BCUT2D eigenvalue weighted by Gasteiger charge is 2.20. The third-order valence-corrected chi connectivity index (χ3v) is 3.48. The number of hydrogen-bond donors (Lipinski definition) is 0. The zero-order chi connectivity index (χ0) is 18.2. The number of ether oxygens (including phenoxy) is 1. The number of hydrogen-bond acceptors (Lipinski definition) is 6. The first kappa shape index (κ1) is 18.1. The van der Waals surface area contributed by atoms with E-state index in [1.807, 2.05) is 0 Å². The molecule has 0 atom stereocenters. The summed E-state index contributed by atoms with van der Waals surface area (Å²) < 4.78 is 4.61. The van der Waals surface area contributed by atoms with Crippen molar-refractivity contribution in [1.82, 2.24) is 9.88 Å². The number of amides is 1. The van der Waals surface area contributed by atoms with Crippen LogP contribution in [0.25, 0.3) is 0 Å². The molecule has 0 saturated carbocycles. The van der Waals surface area contributed by atoms with Gasteiger partial charge in [-0.2, -0.15) is 0 Å². The van der Waals surface area contributed by atoms with Gasteiger partial charge in [0.05, 0.1) is 30.7 Å². The lowest BCUT2D eigenvalue weighted by molar-refractivity contribution is -0.384. The van der Waals surface area contributed by atoms with Gasteiger partial charge >= 0.3 is 5.97 Å². The average molecular weight is 343 g/mol. The van der Waals surface area contributed by atoms with Crippen molar-refractivity contribution in [3.8, 4) is 0 Å². The van der Waals surface area contributed by atoms with Crippen LogP contribution in [0.15, 0.2) is 48.7 Å². The number of methoxy groups -OCH3 is 1. The largest absolute Gasteiger partial charge is 0.469 e. The Labute approximate surface area is 144 Å². The first-order valence-electron chi connectivity index (χ1n) is 7.51. The monoisotopic (exact) mass is 343 g/mol. The lowest BCUT2D eigenvalue weighted by Crippen LogP contribution is -2.33. The number of nitro groups is 1. The molecule has 1 aromatic carbocycles. The van der Waals surface area contributed by atoms with Gasteiger partial charge in [0.15, 0.2) is 0 Å². The number of rotatable bonds is 7. The van der Waals surface area contributed by atoms with Crippen molar-refractivity contribution >= 4 is 17.6 Å². The summed E-state index contributed by atoms with van der Waals surface area (Å²) in [5, 5.41) is 10.9. The van der Waals surface area contributed by atoms with Gasteiger partial charge in [0.1, 0.15) is 0 Å². The zero-order valence-corrected chi connectivity index (χ0v) is 13.6. The van der Waals surface area contributed by atoms with Crippen LogP contribution in [0.4, 0.5) is 5.69 Å². The number of carbonyl (C=O) groups is 2. The maximum Gasteiger partial charge on any atom is 0.307 e. The Morgan fingerprint density at radius 2 is 2.04 bits per heavy atom. The third-order valence-electron chi connectivity index (χ3n) is 3.48. The van der Waals surface area contributed by atoms with E-state index in [2.05, 4.69) is 9.72 Å². The quantitative estimate of drug-likeness (QED) is 0.434. The summed E-state index contributed by atoms with van der Waals surface area (Å²) in [4.78, 5) is 40.1. The van der Waals surface area contributed by atoms with Crippen LogP contribution in [0.5, 0.6) is 0 Å². The van der Waals surface area contributed by atoms with Crippen molar-refractivity contribution in [2.45, 2.75) is 13.0 Å². The number of nitrogens with zero attached hydrogens (tertiary/aromatic N) is 3. The number of benzene rings is 1. The van der Waals surface area contributed by atoms with Gasteiger partial charge in [-0.1, -0.05) is 12.1 Å². The molecule has 0 radical (unpaired) electrons. The molecule has 1 amide bonds. The summed E-state index contributed by atoms with van der Waals surface area (Å²) in [5.41, 5.74) is 0.651. The van der Waals surface area contributed by atoms with Crippen molar-refractivity contribution < 1.29 is 19.2 Å². The van der Waals surface area contributed by atoms with Crippen LogP contribution >= 0.6 is 0 Å². The Morgan fingerprint density at radius 3 is 2.68 bits per heavy atom. The standard InChI is InChI=1S/C17H17N3O5/c1-25-16(21)8-10-19(12-14-6-2-3-9-18-14)17(22)13-5-4-7-15(11-13)20(23)24/h2-7,9,11H,8,10,12H2,1H3. The molecule has 0 spiro atoms. The summed E-state index contributed by atoms with van der Waals surface area (Å²) in [6, 6.07) is 10.8. The molecule has 1 heterocycles. The van der Waals surface area contributed by atoms with Crippen LogP contribution < -0.4 is 0 Å². The number of aromatic nitrogens is 1. The number of esters is 1. The lowest BCUT2D eigenvalue weighted by Gasteiger charge is -2.22. The fourth-order valence-corrected chi connectivity index (χ4v) is 2.20. The van der Waals surface area contributed by atoms with E-state index < -0.39 is 16.8 Å². The molecule has 8 nitrogen and oxygen atoms in total. The van der Waals surface area contributed by atoms with Crippen molar-refractivity contribution in [2.24, 2.45) is 0 Å². The van der Waals surface area contributed by atoms with Gasteiger partial charge in [-0.15, -0.1) is 0 Å². The van der Waals surface area contributed by atoms with Crippen LogP contribution in [-0.4, -0.2) is 40.3 Å². The number of pyridine rings is 1. The average Bonchev–Trinajstić information content (AvgIpc) is 2.65. The predicted molar refractivity (Wildman–Crippen MR) is 88.7 cm³/mol. The van der Waals surface area contributed by atoms with Crippen molar-refractivity contribution in [3.63, 3.8) is 0 Å². The molecule has 0 aliphatic heterocycles. The molecular weight excluding hydrogens is 326 g/mol. The van der Waals surface area contributed by atoms with Crippen LogP contribution in [0.3, 0.4) is 0 Å². The van der Waals surface area contributed by atoms with E-state index in [0.717, 1.165) is 0 Å². The van der Waals surface area contributed by atoms with Gasteiger partial charge in [-0.05, 0) is 18.2 Å². The molecule has 0 bridgehead atoms. The Balaban J connectivity index is 2.23. The second-order valence-electron chi connectivity index (χ2n) is 5.18. The highest BCUT2D eigenvalue weighted by Crippen LogP contribution is 2.16. The van der Waals surface area contributed by atoms with Gasteiger partial charge < -0.3 is 9.64 Å². The summed E-state index contributed by atoms with van der Waals surface area (Å²) in [5.74, 6) is -0.865. The Morgan fingerprint density at radius 1 is 1.24 bits per heavy atom. The Kier molecular flexibility index (Phi) is 6.16. The van der Waals surface area contributed by atoms with Crippen molar-refractivity contribution in [3.05, 3.63) is 70.0 Å². The molecule has 0 saturated heterocycles. The summed E-state index contributed by atoms with van der Waals surface area (Å²) in [7, 11) is 1.27.